The molecule has 126 valence electrons. The average Bonchev–Trinajstić information content (AvgIpc) is 2.56. The highest BCUT2D eigenvalue weighted by Gasteiger charge is 2.43. The number of carbonyl (C=O) groups excluding carboxylic acids is 2. The fourth-order valence-corrected chi connectivity index (χ4v) is 3.03. The first kappa shape index (κ1) is 17.7. The van der Waals surface area contributed by atoms with E-state index in [0.717, 1.165) is 0 Å². The molecule has 1 N–H and O–H groups in total. The van der Waals surface area contributed by atoms with Crippen LogP contribution in [0.1, 0.15) is 24.4 Å². The normalized spacial score (nSPS) is 19.0. The molecule has 1 aromatic carbocycles. The lowest BCUT2D eigenvalue weighted by molar-refractivity contribution is -0.169. The van der Waals surface area contributed by atoms with Crippen molar-refractivity contribution in [1.29, 1.82) is 0 Å². The Bertz CT molecular complexity index is 584. The van der Waals surface area contributed by atoms with Crippen LogP contribution in [-0.4, -0.2) is 54.9 Å². The van der Waals surface area contributed by atoms with Crippen molar-refractivity contribution in [2.75, 3.05) is 27.3 Å². The Morgan fingerprint density at radius 2 is 1.91 bits per heavy atom. The summed E-state index contributed by atoms with van der Waals surface area (Å²) in [6.45, 7) is 0.718. The van der Waals surface area contributed by atoms with E-state index in [1.165, 1.54) is 14.2 Å². The highest BCUT2D eigenvalue weighted by molar-refractivity contribution is 6.30. The number of rotatable bonds is 4. The van der Waals surface area contributed by atoms with Crippen LogP contribution in [0, 0.1) is 0 Å². The second kappa shape index (κ2) is 7.29. The molecule has 1 aliphatic rings. The van der Waals surface area contributed by atoms with Crippen LogP contribution in [0.4, 0.5) is 0 Å². The van der Waals surface area contributed by atoms with E-state index in [4.69, 9.17) is 16.3 Å². The van der Waals surface area contributed by atoms with Crippen LogP contribution in [0.2, 0.25) is 5.02 Å². The molecular formula is C16H20ClNO5. The molecule has 1 heterocycles. The molecule has 0 saturated carbocycles. The highest BCUT2D eigenvalue weighted by Crippen LogP contribution is 2.31. The number of ether oxygens (including phenoxy) is 2. The summed E-state index contributed by atoms with van der Waals surface area (Å²) in [5, 5.41) is 10.8. The van der Waals surface area contributed by atoms with E-state index in [2.05, 4.69) is 4.74 Å². The van der Waals surface area contributed by atoms with Gasteiger partial charge in [-0.25, -0.2) is 9.59 Å². The number of likely N-dealkylation sites (tertiary alicyclic amines) is 1. The molecule has 1 saturated heterocycles. The maximum atomic E-state index is 12.2. The predicted molar refractivity (Wildman–Crippen MR) is 84.0 cm³/mol. The molecule has 0 aliphatic carbocycles. The summed E-state index contributed by atoms with van der Waals surface area (Å²) in [7, 11) is 2.57. The van der Waals surface area contributed by atoms with E-state index in [-0.39, 0.29) is 12.8 Å². The Morgan fingerprint density at radius 1 is 1.26 bits per heavy atom. The van der Waals surface area contributed by atoms with E-state index in [1.54, 1.807) is 24.3 Å². The fourth-order valence-electron chi connectivity index (χ4n) is 2.83. The maximum Gasteiger partial charge on any atom is 0.337 e. The zero-order chi connectivity index (χ0) is 17.0. The molecular weight excluding hydrogens is 322 g/mol. The van der Waals surface area contributed by atoms with Gasteiger partial charge in [-0.3, -0.25) is 4.90 Å². The largest absolute Gasteiger partial charge is 0.468 e. The summed E-state index contributed by atoms with van der Waals surface area (Å²) in [5.74, 6) is -1.05. The summed E-state index contributed by atoms with van der Waals surface area (Å²) >= 11 is 6.01. The second-order valence-corrected chi connectivity index (χ2v) is 5.98. The zero-order valence-electron chi connectivity index (χ0n) is 13.1. The van der Waals surface area contributed by atoms with Gasteiger partial charge in [0, 0.05) is 18.1 Å². The number of carbonyl (C=O) groups is 2. The van der Waals surface area contributed by atoms with Crippen LogP contribution in [0.5, 0.6) is 0 Å². The number of hydrogen-bond donors (Lipinski definition) is 1. The van der Waals surface area contributed by atoms with Gasteiger partial charge in [0.25, 0.3) is 0 Å². The Morgan fingerprint density at radius 3 is 2.43 bits per heavy atom. The molecule has 0 spiro atoms. The fraction of sp³-hybridized carbons (Fsp3) is 0.500. The molecule has 1 fully saturated rings. The Hall–Kier alpha value is -1.63. The third-order valence-corrected chi connectivity index (χ3v) is 4.38. The Balaban J connectivity index is 2.20. The van der Waals surface area contributed by atoms with Crippen LogP contribution in [0.25, 0.3) is 0 Å². The van der Waals surface area contributed by atoms with E-state index >= 15 is 0 Å². The Kier molecular flexibility index (Phi) is 5.62. The summed E-state index contributed by atoms with van der Waals surface area (Å²) in [4.78, 5) is 25.8. The molecule has 1 atom stereocenters. The minimum atomic E-state index is -1.50. The number of halogens is 1. The van der Waals surface area contributed by atoms with Crippen molar-refractivity contribution in [3.63, 3.8) is 0 Å². The van der Waals surface area contributed by atoms with Crippen LogP contribution < -0.4 is 0 Å². The molecule has 23 heavy (non-hydrogen) atoms. The molecule has 0 unspecified atom stereocenters. The van der Waals surface area contributed by atoms with Gasteiger partial charge in [0.15, 0.2) is 5.60 Å². The number of aliphatic hydroxyl groups is 1. The second-order valence-electron chi connectivity index (χ2n) is 5.54. The maximum absolute atomic E-state index is 12.2. The highest BCUT2D eigenvalue weighted by atomic mass is 35.5. The molecule has 0 amide bonds. The molecule has 0 radical (unpaired) electrons. The first-order valence-corrected chi connectivity index (χ1v) is 7.67. The molecule has 2 rings (SSSR count). The lowest BCUT2D eigenvalue weighted by Crippen LogP contribution is -2.51. The van der Waals surface area contributed by atoms with Gasteiger partial charge in [0.05, 0.1) is 14.2 Å². The quantitative estimate of drug-likeness (QED) is 0.837. The lowest BCUT2D eigenvalue weighted by Gasteiger charge is -2.39. The number of piperidine rings is 1. The van der Waals surface area contributed by atoms with Crippen molar-refractivity contribution < 1.29 is 24.2 Å². The number of benzene rings is 1. The number of esters is 2. The summed E-state index contributed by atoms with van der Waals surface area (Å²) < 4.78 is 9.54. The standard InChI is InChI=1S/C16H20ClNO5/c1-22-14(19)13(11-4-3-5-12(17)10-11)18-8-6-16(21,7-9-18)15(20)23-2/h3-5,10,13,21H,6-9H2,1-2H3/t13-/m1/s1. The third kappa shape index (κ3) is 3.83. The van der Waals surface area contributed by atoms with Gasteiger partial charge >= 0.3 is 11.9 Å². The van der Waals surface area contributed by atoms with Crippen molar-refractivity contribution in [2.24, 2.45) is 0 Å². The van der Waals surface area contributed by atoms with Gasteiger partial charge in [-0.1, -0.05) is 23.7 Å². The van der Waals surface area contributed by atoms with Gasteiger partial charge in [-0.15, -0.1) is 0 Å². The number of nitrogens with zero attached hydrogens (tertiary/aromatic N) is 1. The van der Waals surface area contributed by atoms with Crippen molar-refractivity contribution in [2.45, 2.75) is 24.5 Å². The van der Waals surface area contributed by atoms with Gasteiger partial charge < -0.3 is 14.6 Å². The van der Waals surface area contributed by atoms with Crippen LogP contribution in [-0.2, 0) is 19.1 Å². The van der Waals surface area contributed by atoms with Crippen molar-refractivity contribution in [3.05, 3.63) is 34.9 Å². The van der Waals surface area contributed by atoms with Crippen molar-refractivity contribution in [1.82, 2.24) is 4.90 Å². The van der Waals surface area contributed by atoms with E-state index in [9.17, 15) is 14.7 Å². The number of hydrogen-bond acceptors (Lipinski definition) is 6. The van der Waals surface area contributed by atoms with Crippen molar-refractivity contribution in [3.8, 4) is 0 Å². The molecule has 7 heteroatoms. The first-order chi connectivity index (χ1) is 10.9. The summed E-state index contributed by atoms with van der Waals surface area (Å²) in [5.41, 5.74) is -0.784. The third-order valence-electron chi connectivity index (χ3n) is 4.14. The monoisotopic (exact) mass is 341 g/mol. The summed E-state index contributed by atoms with van der Waals surface area (Å²) in [6, 6.07) is 6.38. The van der Waals surface area contributed by atoms with E-state index < -0.39 is 23.6 Å². The van der Waals surface area contributed by atoms with E-state index in [0.29, 0.717) is 23.7 Å². The average molecular weight is 342 g/mol. The predicted octanol–water partition coefficient (Wildman–Crippen LogP) is 1.55. The van der Waals surface area contributed by atoms with Crippen LogP contribution >= 0.6 is 11.6 Å². The van der Waals surface area contributed by atoms with Gasteiger partial charge in [0.1, 0.15) is 6.04 Å². The molecule has 1 aliphatic heterocycles. The van der Waals surface area contributed by atoms with E-state index in [1.807, 2.05) is 4.90 Å². The minimum Gasteiger partial charge on any atom is -0.468 e. The van der Waals surface area contributed by atoms with Crippen molar-refractivity contribution >= 4 is 23.5 Å². The van der Waals surface area contributed by atoms with Gasteiger partial charge in [-0.05, 0) is 30.5 Å². The summed E-state index contributed by atoms with van der Waals surface area (Å²) in [6.07, 6.45) is 0.376. The molecule has 0 aromatic heterocycles. The molecule has 0 bridgehead atoms. The SMILES string of the molecule is COC(=O)[C@@H](c1cccc(Cl)c1)N1CCC(O)(C(=O)OC)CC1. The molecule has 1 aromatic rings. The van der Waals surface area contributed by atoms with Gasteiger partial charge in [-0.2, -0.15) is 0 Å². The zero-order valence-corrected chi connectivity index (χ0v) is 13.9. The van der Waals surface area contributed by atoms with Crippen LogP contribution in [0.3, 0.4) is 0 Å². The lowest BCUT2D eigenvalue weighted by atomic mass is 9.90. The molecule has 6 nitrogen and oxygen atoms in total. The Labute approximate surface area is 139 Å². The van der Waals surface area contributed by atoms with Crippen LogP contribution in [0.15, 0.2) is 24.3 Å². The first-order valence-electron chi connectivity index (χ1n) is 7.29. The smallest absolute Gasteiger partial charge is 0.337 e. The van der Waals surface area contributed by atoms with Gasteiger partial charge in [0.2, 0.25) is 0 Å². The minimum absolute atomic E-state index is 0.188. The topological polar surface area (TPSA) is 76.1 Å². The number of methoxy groups -OCH3 is 2.